The molecule has 152 valence electrons. The van der Waals surface area contributed by atoms with E-state index in [-0.39, 0.29) is 58.3 Å². The number of carbonyl (C=O) groups excluding carboxylic acids is 2. The number of benzene rings is 1. The number of methoxy groups -OCH3 is 1. The van der Waals surface area contributed by atoms with Crippen LogP contribution in [0.5, 0.6) is 5.75 Å². The minimum Gasteiger partial charge on any atom is -0.497 e. The van der Waals surface area contributed by atoms with Crippen molar-refractivity contribution in [3.63, 3.8) is 0 Å². The average molecular weight is 407 g/mol. The van der Waals surface area contributed by atoms with Crippen LogP contribution in [-0.4, -0.2) is 35.1 Å². The maximum Gasteiger partial charge on any atom is 0.284 e. The van der Waals surface area contributed by atoms with Crippen LogP contribution in [0, 0.1) is 33.8 Å². The first kappa shape index (κ1) is 18.3. The van der Waals surface area contributed by atoms with Gasteiger partial charge >= 0.3 is 0 Å². The molecule has 1 aromatic carbocycles. The summed E-state index contributed by atoms with van der Waals surface area (Å²) in [6, 6.07) is 7.59. The van der Waals surface area contributed by atoms with Gasteiger partial charge in [0.05, 0.1) is 41.7 Å². The first-order valence-electron chi connectivity index (χ1n) is 9.50. The Morgan fingerprint density at radius 1 is 1.17 bits per heavy atom. The maximum atomic E-state index is 12.7. The normalized spacial score (nSPS) is 26.8. The highest BCUT2D eigenvalue weighted by molar-refractivity contribution is 6.06. The predicted octanol–water partition coefficient (Wildman–Crippen LogP) is 3.00. The van der Waals surface area contributed by atoms with Gasteiger partial charge in [-0.25, -0.2) is 0 Å². The van der Waals surface area contributed by atoms with Crippen LogP contribution in [0.2, 0.25) is 0 Å². The van der Waals surface area contributed by atoms with Gasteiger partial charge in [-0.15, -0.1) is 0 Å². The molecule has 1 aliphatic heterocycles. The van der Waals surface area contributed by atoms with Gasteiger partial charge in [0.15, 0.2) is 0 Å². The van der Waals surface area contributed by atoms with E-state index in [0.717, 1.165) is 11.4 Å². The molecule has 2 fully saturated rings. The lowest BCUT2D eigenvalue weighted by Crippen LogP contribution is -2.28. The number of nitrogens with zero attached hydrogens (tertiary/aromatic N) is 3. The van der Waals surface area contributed by atoms with E-state index in [1.807, 2.05) is 12.2 Å². The highest BCUT2D eigenvalue weighted by atomic mass is 16.6. The van der Waals surface area contributed by atoms with Crippen LogP contribution < -0.4 is 4.74 Å². The number of allylic oxidation sites excluding steroid dienone is 2. The van der Waals surface area contributed by atoms with Gasteiger partial charge in [0.25, 0.3) is 17.5 Å². The Balaban J connectivity index is 1.39. The van der Waals surface area contributed by atoms with Crippen molar-refractivity contribution >= 4 is 23.7 Å². The zero-order chi connectivity index (χ0) is 21.0. The Kier molecular flexibility index (Phi) is 4.05. The number of hydrazone groups is 1. The van der Waals surface area contributed by atoms with Gasteiger partial charge in [-0.05, 0) is 42.5 Å². The number of carbonyl (C=O) groups is 2. The number of fused-ring (bicyclic) bond motifs is 5. The maximum absolute atomic E-state index is 12.7. The number of imide groups is 1. The molecule has 0 spiro atoms. The second-order valence-corrected chi connectivity index (χ2v) is 7.57. The third kappa shape index (κ3) is 2.66. The number of nitro groups is 1. The lowest BCUT2D eigenvalue weighted by atomic mass is 9.85. The van der Waals surface area contributed by atoms with E-state index in [1.54, 1.807) is 18.2 Å². The average Bonchev–Trinajstić information content (AvgIpc) is 3.51. The molecule has 0 radical (unpaired) electrons. The van der Waals surface area contributed by atoms with Crippen LogP contribution in [0.3, 0.4) is 0 Å². The van der Waals surface area contributed by atoms with Crippen molar-refractivity contribution in [2.24, 2.45) is 28.8 Å². The van der Waals surface area contributed by atoms with E-state index < -0.39 is 4.92 Å². The van der Waals surface area contributed by atoms with Crippen LogP contribution in [0.1, 0.15) is 12.2 Å². The second kappa shape index (κ2) is 6.65. The molecule has 2 bridgehead atoms. The molecule has 4 atom stereocenters. The van der Waals surface area contributed by atoms with Crippen molar-refractivity contribution < 1.29 is 23.7 Å². The number of hydrogen-bond acceptors (Lipinski definition) is 7. The quantitative estimate of drug-likeness (QED) is 0.247. The van der Waals surface area contributed by atoms with Gasteiger partial charge in [-0.1, -0.05) is 12.2 Å². The van der Waals surface area contributed by atoms with Crippen molar-refractivity contribution in [2.45, 2.75) is 6.42 Å². The predicted molar refractivity (Wildman–Crippen MR) is 105 cm³/mol. The van der Waals surface area contributed by atoms with Crippen LogP contribution in [0.15, 0.2) is 52.0 Å². The van der Waals surface area contributed by atoms with Crippen LogP contribution in [0.4, 0.5) is 5.69 Å². The molecule has 5 rings (SSSR count). The summed E-state index contributed by atoms with van der Waals surface area (Å²) in [4.78, 5) is 36.2. The van der Waals surface area contributed by atoms with Crippen molar-refractivity contribution in [3.8, 4) is 17.1 Å². The van der Waals surface area contributed by atoms with Gasteiger partial charge in [-0.2, -0.15) is 10.1 Å². The molecule has 2 aromatic rings. The van der Waals surface area contributed by atoms with Crippen molar-refractivity contribution in [2.75, 3.05) is 7.11 Å². The van der Waals surface area contributed by atoms with Crippen LogP contribution in [-0.2, 0) is 9.59 Å². The summed E-state index contributed by atoms with van der Waals surface area (Å²) in [6.45, 7) is 0. The fourth-order valence-electron chi connectivity index (χ4n) is 4.68. The van der Waals surface area contributed by atoms with Gasteiger partial charge in [0.1, 0.15) is 17.3 Å². The van der Waals surface area contributed by atoms with E-state index in [0.29, 0.717) is 5.75 Å². The standard InChI is InChI=1S/C21H17N3O6/c1-29-13-4-6-15(16(9-13)24(27)28)17-7-5-14(30-17)10-22-23-20(25)18-11-2-3-12(8-11)19(18)21(23)26/h2-7,9-12,18-19H,8H2,1H3/b22-10-/t11-,12-,18-,19+/m0/s1. The van der Waals surface area contributed by atoms with Gasteiger partial charge in [0, 0.05) is 0 Å². The number of rotatable bonds is 5. The summed E-state index contributed by atoms with van der Waals surface area (Å²) in [6.07, 6.45) is 6.17. The Morgan fingerprint density at radius 2 is 1.87 bits per heavy atom. The van der Waals surface area contributed by atoms with Crippen LogP contribution >= 0.6 is 0 Å². The van der Waals surface area contributed by atoms with E-state index in [4.69, 9.17) is 9.15 Å². The molecule has 2 aliphatic carbocycles. The molecule has 9 nitrogen and oxygen atoms in total. The van der Waals surface area contributed by atoms with Crippen LogP contribution in [0.25, 0.3) is 11.3 Å². The number of hydrogen-bond donors (Lipinski definition) is 0. The molecule has 1 saturated carbocycles. The zero-order valence-electron chi connectivity index (χ0n) is 15.9. The summed E-state index contributed by atoms with van der Waals surface area (Å²) in [5.41, 5.74) is 0.124. The molecule has 1 saturated heterocycles. The SMILES string of the molecule is COc1ccc(-c2ccc(/C=N\N3C(=O)[C@@H]4[C@H](C3=O)[C@H]3C=C[C@H]4C3)o2)c([N+](=O)[O-])c1. The number of ether oxygens (including phenoxy) is 1. The molecular weight excluding hydrogens is 390 g/mol. The minimum atomic E-state index is -0.517. The topological polar surface area (TPSA) is 115 Å². The number of furan rings is 1. The van der Waals surface area contributed by atoms with Gasteiger partial charge in [-0.3, -0.25) is 19.7 Å². The number of amides is 2. The molecular formula is C21H17N3O6. The molecule has 0 N–H and O–H groups in total. The lowest BCUT2D eigenvalue weighted by molar-refractivity contribution is -0.384. The molecule has 30 heavy (non-hydrogen) atoms. The largest absolute Gasteiger partial charge is 0.497 e. The summed E-state index contributed by atoms with van der Waals surface area (Å²) < 4.78 is 10.7. The minimum absolute atomic E-state index is 0.113. The Hall–Kier alpha value is -3.75. The van der Waals surface area contributed by atoms with Gasteiger partial charge < -0.3 is 9.15 Å². The third-order valence-electron chi connectivity index (χ3n) is 6.04. The van der Waals surface area contributed by atoms with Crippen molar-refractivity contribution in [1.82, 2.24) is 5.01 Å². The monoisotopic (exact) mass is 407 g/mol. The lowest BCUT2D eigenvalue weighted by Gasteiger charge is -2.13. The fourth-order valence-corrected chi connectivity index (χ4v) is 4.68. The zero-order valence-corrected chi connectivity index (χ0v) is 15.9. The Morgan fingerprint density at radius 3 is 2.50 bits per heavy atom. The van der Waals surface area contributed by atoms with E-state index in [9.17, 15) is 19.7 Å². The first-order valence-corrected chi connectivity index (χ1v) is 9.50. The number of nitro benzene ring substituents is 1. The van der Waals surface area contributed by atoms with E-state index in [1.165, 1.54) is 25.5 Å². The second-order valence-electron chi connectivity index (χ2n) is 7.57. The summed E-state index contributed by atoms with van der Waals surface area (Å²) >= 11 is 0. The molecule has 1 aromatic heterocycles. The highest BCUT2D eigenvalue weighted by Gasteiger charge is 2.59. The third-order valence-corrected chi connectivity index (χ3v) is 6.04. The Bertz CT molecular complexity index is 1100. The fraction of sp³-hybridized carbons (Fsp3) is 0.286. The highest BCUT2D eigenvalue weighted by Crippen LogP contribution is 2.52. The van der Waals surface area contributed by atoms with Gasteiger partial charge in [0.2, 0.25) is 0 Å². The van der Waals surface area contributed by atoms with Crippen molar-refractivity contribution in [1.29, 1.82) is 0 Å². The van der Waals surface area contributed by atoms with Crippen molar-refractivity contribution in [3.05, 3.63) is 58.4 Å². The van der Waals surface area contributed by atoms with E-state index in [2.05, 4.69) is 5.10 Å². The summed E-state index contributed by atoms with van der Waals surface area (Å²) in [5, 5.41) is 16.4. The molecule has 9 heteroatoms. The molecule has 2 amide bonds. The van der Waals surface area contributed by atoms with E-state index >= 15 is 0 Å². The molecule has 3 aliphatic rings. The first-order chi connectivity index (χ1) is 14.5. The summed E-state index contributed by atoms with van der Waals surface area (Å²) in [5.74, 6) is -0.0782. The molecule has 0 unspecified atom stereocenters. The Labute approximate surface area is 170 Å². The smallest absolute Gasteiger partial charge is 0.284 e. The molecule has 2 heterocycles. The summed E-state index contributed by atoms with van der Waals surface area (Å²) in [7, 11) is 1.43.